The minimum absolute atomic E-state index is 0.0431. The molecule has 158 valence electrons. The van der Waals surface area contributed by atoms with E-state index in [9.17, 15) is 19.2 Å². The monoisotopic (exact) mass is 402 g/mol. The van der Waals surface area contributed by atoms with Crippen LogP contribution in [0.5, 0.6) is 0 Å². The van der Waals surface area contributed by atoms with Crippen molar-refractivity contribution in [1.29, 1.82) is 5.41 Å². The van der Waals surface area contributed by atoms with Crippen LogP contribution >= 0.6 is 0 Å². The van der Waals surface area contributed by atoms with Crippen LogP contribution in [0.1, 0.15) is 52.0 Å². The number of carbonyl (C=O) groups is 4. The van der Waals surface area contributed by atoms with Crippen molar-refractivity contribution in [2.24, 2.45) is 0 Å². The Bertz CT molecular complexity index is 729. The highest BCUT2D eigenvalue weighted by Gasteiger charge is 2.37. The second kappa shape index (κ2) is 11.7. The Morgan fingerprint density at radius 1 is 1.10 bits per heavy atom. The number of rotatable bonds is 12. The van der Waals surface area contributed by atoms with Gasteiger partial charge in [0.15, 0.2) is 5.78 Å². The first-order valence-corrected chi connectivity index (χ1v) is 9.72. The number of amides is 3. The van der Waals surface area contributed by atoms with Crippen LogP contribution in [0.4, 0.5) is 0 Å². The molecule has 0 heterocycles. The molecular weight excluding hydrogens is 372 g/mol. The van der Waals surface area contributed by atoms with E-state index < -0.39 is 29.2 Å². The van der Waals surface area contributed by atoms with Gasteiger partial charge in [0.25, 0.3) is 0 Å². The van der Waals surface area contributed by atoms with E-state index in [1.165, 1.54) is 6.92 Å². The van der Waals surface area contributed by atoms with E-state index in [1.807, 2.05) is 30.3 Å². The van der Waals surface area contributed by atoms with Crippen LogP contribution in [0.15, 0.2) is 30.3 Å². The molecule has 0 aliphatic rings. The number of Topliss-reactive ketones (excluding diaryl/α,β-unsaturated/α-hetero) is 1. The molecule has 3 amide bonds. The molecule has 0 aliphatic carbocycles. The van der Waals surface area contributed by atoms with E-state index in [2.05, 4.69) is 16.0 Å². The molecule has 0 aliphatic heterocycles. The second-order valence-electron chi connectivity index (χ2n) is 6.85. The molecule has 0 aromatic heterocycles. The van der Waals surface area contributed by atoms with Crippen molar-refractivity contribution in [3.63, 3.8) is 0 Å². The smallest absolute Gasteiger partial charge is 0.246 e. The van der Waals surface area contributed by atoms with Crippen LogP contribution < -0.4 is 16.0 Å². The summed E-state index contributed by atoms with van der Waals surface area (Å²) in [5, 5.41) is 15.2. The Balaban J connectivity index is 2.92. The largest absolute Gasteiger partial charge is 0.350 e. The Labute approximate surface area is 171 Å². The van der Waals surface area contributed by atoms with Gasteiger partial charge in [-0.25, -0.2) is 0 Å². The third-order valence-corrected chi connectivity index (χ3v) is 4.83. The zero-order valence-electron chi connectivity index (χ0n) is 17.2. The Hall–Kier alpha value is -3.03. The normalized spacial score (nSPS) is 11.8. The molecule has 0 radical (unpaired) electrons. The van der Waals surface area contributed by atoms with Gasteiger partial charge in [-0.05, 0) is 24.8 Å². The maximum absolute atomic E-state index is 12.9. The van der Waals surface area contributed by atoms with Gasteiger partial charge in [-0.1, -0.05) is 44.2 Å². The average molecular weight is 402 g/mol. The van der Waals surface area contributed by atoms with Crippen molar-refractivity contribution in [3.05, 3.63) is 35.9 Å². The predicted molar refractivity (Wildman–Crippen MR) is 110 cm³/mol. The summed E-state index contributed by atoms with van der Waals surface area (Å²) >= 11 is 0. The van der Waals surface area contributed by atoms with Crippen LogP contribution in [0.2, 0.25) is 0 Å². The lowest BCUT2D eigenvalue weighted by Crippen LogP contribution is -2.61. The Morgan fingerprint density at radius 2 is 1.72 bits per heavy atom. The van der Waals surface area contributed by atoms with E-state index in [-0.39, 0.29) is 25.3 Å². The number of hydrogen-bond donors (Lipinski definition) is 4. The summed E-state index contributed by atoms with van der Waals surface area (Å²) in [7, 11) is 0. The molecule has 8 nitrogen and oxygen atoms in total. The van der Waals surface area contributed by atoms with Crippen molar-refractivity contribution in [2.45, 2.75) is 64.6 Å². The van der Waals surface area contributed by atoms with Crippen LogP contribution in [0.3, 0.4) is 0 Å². The molecule has 1 aromatic carbocycles. The highest BCUT2D eigenvalue weighted by atomic mass is 16.2. The van der Waals surface area contributed by atoms with E-state index in [0.29, 0.717) is 19.1 Å². The number of benzene rings is 1. The summed E-state index contributed by atoms with van der Waals surface area (Å²) in [4.78, 5) is 48.7. The van der Waals surface area contributed by atoms with Crippen LogP contribution in [-0.4, -0.2) is 41.3 Å². The molecule has 0 saturated carbocycles. The Kier molecular flexibility index (Phi) is 9.71. The van der Waals surface area contributed by atoms with E-state index in [4.69, 9.17) is 5.41 Å². The average Bonchev–Trinajstić information content (AvgIpc) is 2.73. The predicted octanol–water partition coefficient (Wildman–Crippen LogP) is 1.48. The molecule has 0 fully saturated rings. The number of ketones is 1. The van der Waals surface area contributed by atoms with Gasteiger partial charge in [-0.3, -0.25) is 19.2 Å². The lowest BCUT2D eigenvalue weighted by atomic mass is 9.90. The molecule has 1 aromatic rings. The van der Waals surface area contributed by atoms with E-state index in [1.54, 1.807) is 13.8 Å². The number of hydrogen-bond acceptors (Lipinski definition) is 5. The first-order chi connectivity index (χ1) is 13.8. The Morgan fingerprint density at radius 3 is 2.24 bits per heavy atom. The van der Waals surface area contributed by atoms with Crippen LogP contribution in [0, 0.1) is 5.41 Å². The minimum Gasteiger partial charge on any atom is -0.350 e. The van der Waals surface area contributed by atoms with Gasteiger partial charge < -0.3 is 21.4 Å². The number of carbonyl (C=O) groups excluding carboxylic acids is 4. The summed E-state index contributed by atoms with van der Waals surface area (Å²) in [5.41, 5.74) is -0.230. The quantitative estimate of drug-likeness (QED) is 0.395. The fraction of sp³-hybridized carbons (Fsp3) is 0.476. The molecule has 0 saturated heterocycles. The summed E-state index contributed by atoms with van der Waals surface area (Å²) in [5.74, 6) is -1.67. The lowest BCUT2D eigenvalue weighted by molar-refractivity contribution is -0.136. The maximum Gasteiger partial charge on any atom is 0.246 e. The minimum atomic E-state index is -1.13. The molecule has 1 atom stereocenters. The van der Waals surface area contributed by atoms with Crippen molar-refractivity contribution in [3.8, 4) is 0 Å². The first kappa shape index (κ1) is 24.0. The van der Waals surface area contributed by atoms with Gasteiger partial charge in [0.05, 0.1) is 6.21 Å². The highest BCUT2D eigenvalue weighted by Crippen LogP contribution is 2.16. The topological polar surface area (TPSA) is 128 Å². The fourth-order valence-corrected chi connectivity index (χ4v) is 2.97. The third-order valence-electron chi connectivity index (χ3n) is 4.83. The molecule has 0 spiro atoms. The molecule has 8 heteroatoms. The highest BCUT2D eigenvalue weighted by molar-refractivity contribution is 6.26. The zero-order chi connectivity index (χ0) is 21.9. The summed E-state index contributed by atoms with van der Waals surface area (Å²) in [6, 6.07) is 8.35. The summed E-state index contributed by atoms with van der Waals surface area (Å²) < 4.78 is 0. The molecule has 29 heavy (non-hydrogen) atoms. The fourth-order valence-electron chi connectivity index (χ4n) is 2.97. The second-order valence-corrected chi connectivity index (χ2v) is 6.85. The first-order valence-electron chi connectivity index (χ1n) is 9.72. The third kappa shape index (κ3) is 7.48. The molecule has 4 N–H and O–H groups in total. The van der Waals surface area contributed by atoms with Crippen molar-refractivity contribution in [1.82, 2.24) is 16.0 Å². The van der Waals surface area contributed by atoms with Gasteiger partial charge in [0, 0.05) is 19.9 Å². The van der Waals surface area contributed by atoms with Crippen LogP contribution in [-0.2, 0) is 25.7 Å². The zero-order valence-corrected chi connectivity index (χ0v) is 17.2. The summed E-state index contributed by atoms with van der Waals surface area (Å²) in [6.45, 7) is 5.17. The van der Waals surface area contributed by atoms with E-state index >= 15 is 0 Å². The van der Waals surface area contributed by atoms with Gasteiger partial charge in [-0.15, -0.1) is 0 Å². The summed E-state index contributed by atoms with van der Waals surface area (Å²) in [6.07, 6.45) is 1.42. The molecular formula is C21H30N4O4. The van der Waals surface area contributed by atoms with Crippen molar-refractivity contribution in [2.75, 3.05) is 0 Å². The van der Waals surface area contributed by atoms with Crippen LogP contribution in [0.25, 0.3) is 0 Å². The lowest BCUT2D eigenvalue weighted by Gasteiger charge is -2.32. The maximum atomic E-state index is 12.9. The van der Waals surface area contributed by atoms with Gasteiger partial charge in [0.1, 0.15) is 11.6 Å². The molecule has 0 bridgehead atoms. The van der Waals surface area contributed by atoms with Gasteiger partial charge in [-0.2, -0.15) is 0 Å². The van der Waals surface area contributed by atoms with Gasteiger partial charge in [0.2, 0.25) is 17.7 Å². The van der Waals surface area contributed by atoms with Gasteiger partial charge >= 0.3 is 0 Å². The molecule has 0 unspecified atom stereocenters. The standard InChI is InChI=1S/C21H30N4O4/c1-4-21(5-2,25-15(3)26)20(29)24-18(12-11-17(27)13-22)19(28)23-14-16-9-7-6-8-10-16/h6-10,13,18,22H,4-5,11-12,14H2,1-3H3,(H,23,28)(H,24,29)(H,25,26)/t18-/m0/s1. The van der Waals surface area contributed by atoms with Crippen molar-refractivity contribution < 1.29 is 19.2 Å². The SMILES string of the molecule is CCC(CC)(NC(C)=O)C(=O)N[C@@H](CCC(=O)C=N)C(=O)NCc1ccccc1. The molecule has 1 rings (SSSR count). The van der Waals surface area contributed by atoms with E-state index in [0.717, 1.165) is 5.56 Å². The number of nitrogens with one attached hydrogen (secondary N) is 4. The van der Waals surface area contributed by atoms with Crippen molar-refractivity contribution >= 4 is 29.7 Å².